The minimum absolute atomic E-state index is 0.222. The first-order valence-corrected chi connectivity index (χ1v) is 11.9. The molecule has 180 valence electrons. The van der Waals surface area contributed by atoms with E-state index in [1.54, 1.807) is 7.05 Å². The van der Waals surface area contributed by atoms with Gasteiger partial charge in [0.1, 0.15) is 25.3 Å². The number of urea groups is 1. The van der Waals surface area contributed by atoms with Crippen molar-refractivity contribution in [2.45, 2.75) is 65.0 Å². The first-order chi connectivity index (χ1) is 15.6. The van der Waals surface area contributed by atoms with Crippen LogP contribution in [0.15, 0.2) is 18.2 Å². The van der Waals surface area contributed by atoms with Crippen molar-refractivity contribution in [3.8, 4) is 11.5 Å². The molecule has 0 atom stereocenters. The molecule has 2 heterocycles. The van der Waals surface area contributed by atoms with Gasteiger partial charge in [-0.3, -0.25) is 14.5 Å². The van der Waals surface area contributed by atoms with E-state index in [1.165, 1.54) is 4.90 Å². The average Bonchev–Trinajstić information content (AvgIpc) is 3.03. The van der Waals surface area contributed by atoms with E-state index in [2.05, 4.69) is 26.1 Å². The smallest absolute Gasteiger partial charge is 0.325 e. The van der Waals surface area contributed by atoms with Crippen LogP contribution >= 0.6 is 0 Å². The van der Waals surface area contributed by atoms with Gasteiger partial charge in [-0.15, -0.1) is 0 Å². The highest BCUT2D eigenvalue weighted by molar-refractivity contribution is 6.09. The van der Waals surface area contributed by atoms with Gasteiger partial charge in [0.25, 0.3) is 5.91 Å². The third-order valence-electron chi connectivity index (χ3n) is 7.85. The van der Waals surface area contributed by atoms with Crippen molar-refractivity contribution in [1.29, 1.82) is 0 Å². The Labute approximate surface area is 195 Å². The summed E-state index contributed by atoms with van der Waals surface area (Å²) in [5.74, 6) is 1.34. The molecule has 0 unspecified atom stereocenters. The molecular formula is C25H35N3O5. The summed E-state index contributed by atoms with van der Waals surface area (Å²) in [6, 6.07) is 5.11. The number of ether oxygens (including phenoxy) is 2. The van der Waals surface area contributed by atoms with Crippen LogP contribution in [0.4, 0.5) is 4.79 Å². The molecule has 0 aromatic heterocycles. The zero-order chi connectivity index (χ0) is 23.8. The first-order valence-electron chi connectivity index (χ1n) is 11.9. The number of likely N-dealkylation sites (N-methyl/N-ethyl adjacent to an activating group) is 1. The summed E-state index contributed by atoms with van der Waals surface area (Å²) in [6.45, 7) is 7.85. The molecule has 1 N–H and O–H groups in total. The monoisotopic (exact) mass is 457 g/mol. The molecule has 1 aliphatic carbocycles. The maximum atomic E-state index is 13.2. The number of benzene rings is 1. The molecule has 1 saturated heterocycles. The molecule has 4 amide bonds. The third-order valence-corrected chi connectivity index (χ3v) is 7.85. The van der Waals surface area contributed by atoms with Crippen LogP contribution in [-0.4, -0.2) is 60.0 Å². The zero-order valence-corrected chi connectivity index (χ0v) is 20.1. The van der Waals surface area contributed by atoms with Gasteiger partial charge >= 0.3 is 6.03 Å². The van der Waals surface area contributed by atoms with Crippen molar-refractivity contribution >= 4 is 17.8 Å². The molecule has 2 aliphatic heterocycles. The molecule has 1 spiro atoms. The number of carbonyl (C=O) groups is 3. The summed E-state index contributed by atoms with van der Waals surface area (Å²) in [5, 5.41) is 2.92. The van der Waals surface area contributed by atoms with Crippen molar-refractivity contribution in [3.05, 3.63) is 23.8 Å². The molecule has 8 nitrogen and oxygen atoms in total. The minimum atomic E-state index is -0.855. The summed E-state index contributed by atoms with van der Waals surface area (Å²) in [6.07, 6.45) is 4.14. The van der Waals surface area contributed by atoms with Crippen LogP contribution in [0.5, 0.6) is 11.5 Å². The fourth-order valence-corrected chi connectivity index (χ4v) is 5.14. The predicted octanol–water partition coefficient (Wildman–Crippen LogP) is 3.33. The van der Waals surface area contributed by atoms with Crippen LogP contribution in [0.3, 0.4) is 0 Å². The average molecular weight is 458 g/mol. The summed E-state index contributed by atoms with van der Waals surface area (Å²) in [5.41, 5.74) is 0.256. The van der Waals surface area contributed by atoms with Gasteiger partial charge in [-0.1, -0.05) is 33.3 Å². The summed E-state index contributed by atoms with van der Waals surface area (Å²) >= 11 is 0. The van der Waals surface area contributed by atoms with Gasteiger partial charge in [-0.05, 0) is 54.7 Å². The minimum Gasteiger partial charge on any atom is -0.486 e. The highest BCUT2D eigenvalue weighted by Gasteiger charge is 2.53. The van der Waals surface area contributed by atoms with Crippen molar-refractivity contribution in [2.75, 3.05) is 26.8 Å². The van der Waals surface area contributed by atoms with E-state index in [1.807, 2.05) is 18.2 Å². The zero-order valence-electron chi connectivity index (χ0n) is 20.1. The van der Waals surface area contributed by atoms with Gasteiger partial charge in [-0.25, -0.2) is 4.79 Å². The number of rotatable bonds is 6. The quantitative estimate of drug-likeness (QED) is 0.662. The molecule has 3 aliphatic rings. The van der Waals surface area contributed by atoms with Crippen molar-refractivity contribution in [2.24, 2.45) is 11.3 Å². The Morgan fingerprint density at radius 2 is 1.85 bits per heavy atom. The Kier molecular flexibility index (Phi) is 6.29. The van der Waals surface area contributed by atoms with Gasteiger partial charge in [0.15, 0.2) is 11.5 Å². The molecular weight excluding hydrogens is 422 g/mol. The lowest BCUT2D eigenvalue weighted by molar-refractivity contribution is -0.139. The van der Waals surface area contributed by atoms with E-state index in [-0.39, 0.29) is 23.8 Å². The second kappa shape index (κ2) is 8.88. The topological polar surface area (TPSA) is 88.2 Å². The van der Waals surface area contributed by atoms with E-state index in [9.17, 15) is 14.4 Å². The summed E-state index contributed by atoms with van der Waals surface area (Å²) in [7, 11) is 1.67. The predicted molar refractivity (Wildman–Crippen MR) is 123 cm³/mol. The first kappa shape index (κ1) is 23.4. The van der Waals surface area contributed by atoms with Gasteiger partial charge in [0.05, 0.1) is 0 Å². The van der Waals surface area contributed by atoms with E-state index in [0.29, 0.717) is 50.0 Å². The lowest BCUT2D eigenvalue weighted by Gasteiger charge is -2.42. The van der Waals surface area contributed by atoms with E-state index < -0.39 is 11.6 Å². The SMILES string of the molecule is CCC(C)(C)C1CCC2(CC1)NC(=O)N(CC(=O)N(C)Cc1ccc3c(c1)OCCO3)C2=O. The highest BCUT2D eigenvalue weighted by atomic mass is 16.6. The number of hydrogen-bond acceptors (Lipinski definition) is 5. The second-order valence-electron chi connectivity index (χ2n) is 10.2. The number of fused-ring (bicyclic) bond motifs is 1. The Morgan fingerprint density at radius 1 is 1.18 bits per heavy atom. The summed E-state index contributed by atoms with van der Waals surface area (Å²) in [4.78, 5) is 41.4. The maximum Gasteiger partial charge on any atom is 0.325 e. The van der Waals surface area contributed by atoms with Crippen LogP contribution in [0.25, 0.3) is 0 Å². The number of nitrogens with zero attached hydrogens (tertiary/aromatic N) is 2. The van der Waals surface area contributed by atoms with Gasteiger partial charge in [0.2, 0.25) is 5.91 Å². The van der Waals surface area contributed by atoms with E-state index >= 15 is 0 Å². The Hall–Kier alpha value is -2.77. The molecule has 1 saturated carbocycles. The maximum absolute atomic E-state index is 13.2. The van der Waals surface area contributed by atoms with Gasteiger partial charge in [0, 0.05) is 13.6 Å². The Morgan fingerprint density at radius 3 is 2.52 bits per heavy atom. The van der Waals surface area contributed by atoms with E-state index in [0.717, 1.165) is 29.7 Å². The lowest BCUT2D eigenvalue weighted by Crippen LogP contribution is -2.51. The van der Waals surface area contributed by atoms with Gasteiger partial charge < -0.3 is 19.7 Å². The largest absolute Gasteiger partial charge is 0.486 e. The molecule has 33 heavy (non-hydrogen) atoms. The normalized spacial score (nSPS) is 24.7. The van der Waals surface area contributed by atoms with Crippen LogP contribution in [0, 0.1) is 11.3 Å². The van der Waals surface area contributed by atoms with Crippen LogP contribution in [0.2, 0.25) is 0 Å². The van der Waals surface area contributed by atoms with E-state index in [4.69, 9.17) is 9.47 Å². The molecule has 2 fully saturated rings. The number of nitrogens with one attached hydrogen (secondary N) is 1. The fraction of sp³-hybridized carbons (Fsp3) is 0.640. The molecule has 0 bridgehead atoms. The second-order valence-corrected chi connectivity index (χ2v) is 10.2. The number of imide groups is 1. The summed E-state index contributed by atoms with van der Waals surface area (Å²) < 4.78 is 11.1. The van der Waals surface area contributed by atoms with Crippen molar-refractivity contribution in [1.82, 2.24) is 15.1 Å². The standard InChI is InChI=1S/C25H35N3O5/c1-5-24(2,3)18-8-10-25(11-9-18)22(30)28(23(31)26-25)16-21(29)27(4)15-17-6-7-19-20(14-17)33-13-12-32-19/h6-7,14,18H,5,8-13,15-16H2,1-4H3,(H,26,31). The lowest BCUT2D eigenvalue weighted by atomic mass is 9.65. The van der Waals surface area contributed by atoms with Crippen LogP contribution < -0.4 is 14.8 Å². The Balaban J connectivity index is 1.36. The molecule has 4 rings (SSSR count). The molecule has 8 heteroatoms. The fourth-order valence-electron chi connectivity index (χ4n) is 5.14. The molecule has 0 radical (unpaired) electrons. The van der Waals surface area contributed by atoms with Gasteiger partial charge in [-0.2, -0.15) is 0 Å². The van der Waals surface area contributed by atoms with Crippen molar-refractivity contribution < 1.29 is 23.9 Å². The number of hydrogen-bond donors (Lipinski definition) is 1. The number of carbonyl (C=O) groups excluding carboxylic acids is 3. The van der Waals surface area contributed by atoms with Crippen molar-refractivity contribution in [3.63, 3.8) is 0 Å². The number of amides is 4. The van der Waals surface area contributed by atoms with Crippen LogP contribution in [-0.2, 0) is 16.1 Å². The highest BCUT2D eigenvalue weighted by Crippen LogP contribution is 2.45. The van der Waals surface area contributed by atoms with Crippen LogP contribution in [0.1, 0.15) is 58.4 Å². The molecule has 1 aromatic carbocycles. The third kappa shape index (κ3) is 4.52. The Bertz CT molecular complexity index is 936. The molecule has 1 aromatic rings.